The number of aryl methyl sites for hydroxylation is 2. The summed E-state index contributed by atoms with van der Waals surface area (Å²) >= 11 is 1.82. The van der Waals surface area contributed by atoms with E-state index in [1.54, 1.807) is 7.11 Å². The molecule has 186 valence electrons. The molecule has 1 aliphatic rings. The molecule has 2 aromatic carbocycles. The van der Waals surface area contributed by atoms with Crippen molar-refractivity contribution >= 4 is 23.4 Å². The van der Waals surface area contributed by atoms with E-state index in [0.717, 1.165) is 60.0 Å². The number of anilines is 1. The molecule has 0 bridgehead atoms. The van der Waals surface area contributed by atoms with Gasteiger partial charge in [-0.2, -0.15) is 0 Å². The van der Waals surface area contributed by atoms with E-state index in [9.17, 15) is 4.79 Å². The van der Waals surface area contributed by atoms with Crippen LogP contribution in [0, 0.1) is 5.92 Å². The summed E-state index contributed by atoms with van der Waals surface area (Å²) in [5.74, 6) is 3.69. The highest BCUT2D eigenvalue weighted by atomic mass is 32.2. The Morgan fingerprint density at radius 1 is 1.21 bits per heavy atom. The number of benzene rings is 2. The minimum absolute atomic E-state index is 0.186. The Morgan fingerprint density at radius 2 is 2.03 bits per heavy atom. The first-order chi connectivity index (χ1) is 16.4. The minimum Gasteiger partial charge on any atom is -0.495 e. The molecule has 0 unspecified atom stereocenters. The second-order valence-corrected chi connectivity index (χ2v) is 10.2. The zero-order chi connectivity index (χ0) is 24.5. The van der Waals surface area contributed by atoms with Crippen LogP contribution in [-0.4, -0.2) is 38.0 Å². The third-order valence-electron chi connectivity index (χ3n) is 5.68. The molecular weight excluding hydrogens is 448 g/mol. The van der Waals surface area contributed by atoms with Crippen LogP contribution in [0.1, 0.15) is 51.2 Å². The molecule has 7 heteroatoms. The van der Waals surface area contributed by atoms with Gasteiger partial charge in [-0.3, -0.25) is 4.79 Å². The van der Waals surface area contributed by atoms with Crippen molar-refractivity contribution in [2.24, 2.45) is 11.7 Å². The summed E-state index contributed by atoms with van der Waals surface area (Å²) in [6, 6.07) is 9.66. The summed E-state index contributed by atoms with van der Waals surface area (Å²) in [7, 11) is 1.60. The van der Waals surface area contributed by atoms with Gasteiger partial charge in [-0.05, 0) is 73.4 Å². The first-order valence-corrected chi connectivity index (χ1v) is 13.2. The fraction of sp³-hybridized carbons (Fsp3) is 0.519. The molecule has 0 radical (unpaired) electrons. The number of fused-ring (bicyclic) bond motifs is 1. The highest BCUT2D eigenvalue weighted by Crippen LogP contribution is 2.39. The van der Waals surface area contributed by atoms with Crippen LogP contribution >= 0.6 is 11.8 Å². The number of thioether (sulfide) groups is 1. The van der Waals surface area contributed by atoms with Crippen molar-refractivity contribution in [3.8, 4) is 17.2 Å². The molecule has 34 heavy (non-hydrogen) atoms. The van der Waals surface area contributed by atoms with E-state index in [-0.39, 0.29) is 5.91 Å². The molecule has 3 N–H and O–H groups in total. The lowest BCUT2D eigenvalue weighted by molar-refractivity contribution is -0.117. The van der Waals surface area contributed by atoms with Gasteiger partial charge in [0.25, 0.3) is 0 Å². The van der Waals surface area contributed by atoms with E-state index in [0.29, 0.717) is 30.4 Å². The van der Waals surface area contributed by atoms with Gasteiger partial charge in [-0.15, -0.1) is 11.8 Å². The van der Waals surface area contributed by atoms with Crippen LogP contribution < -0.4 is 25.3 Å². The van der Waals surface area contributed by atoms with Crippen molar-refractivity contribution in [1.82, 2.24) is 0 Å². The fourth-order valence-electron chi connectivity index (χ4n) is 3.99. The van der Waals surface area contributed by atoms with Crippen molar-refractivity contribution in [2.75, 3.05) is 31.4 Å². The Morgan fingerprint density at radius 3 is 2.76 bits per heavy atom. The molecule has 1 atom stereocenters. The molecule has 0 spiro atoms. The van der Waals surface area contributed by atoms with Crippen LogP contribution in [0.2, 0.25) is 0 Å². The van der Waals surface area contributed by atoms with Gasteiger partial charge in [0.15, 0.2) is 0 Å². The highest BCUT2D eigenvalue weighted by molar-refractivity contribution is 7.99. The second-order valence-electron chi connectivity index (χ2n) is 9.07. The van der Waals surface area contributed by atoms with Gasteiger partial charge >= 0.3 is 0 Å². The Bertz CT molecular complexity index is 964. The van der Waals surface area contributed by atoms with Crippen molar-refractivity contribution in [2.45, 2.75) is 63.8 Å². The monoisotopic (exact) mass is 486 g/mol. The van der Waals surface area contributed by atoms with Crippen molar-refractivity contribution in [3.63, 3.8) is 0 Å². The van der Waals surface area contributed by atoms with Crippen molar-refractivity contribution in [1.29, 1.82) is 0 Å². The number of rotatable bonds is 12. The fourth-order valence-corrected chi connectivity index (χ4v) is 4.82. The Labute approximate surface area is 207 Å². The molecule has 0 aliphatic carbocycles. The zero-order valence-corrected chi connectivity index (χ0v) is 21.6. The van der Waals surface area contributed by atoms with Gasteiger partial charge < -0.3 is 25.3 Å². The zero-order valence-electron chi connectivity index (χ0n) is 20.8. The summed E-state index contributed by atoms with van der Waals surface area (Å²) in [6.45, 7) is 7.68. The van der Waals surface area contributed by atoms with Gasteiger partial charge in [0, 0.05) is 5.75 Å². The molecule has 3 rings (SSSR count). The smallest absolute Gasteiger partial charge is 0.241 e. The number of nitrogens with two attached hydrogens (primary N) is 1. The lowest BCUT2D eigenvalue weighted by Gasteiger charge is -2.20. The van der Waals surface area contributed by atoms with E-state index in [1.807, 2.05) is 30.0 Å². The summed E-state index contributed by atoms with van der Waals surface area (Å²) < 4.78 is 17.4. The normalized spacial score (nSPS) is 13.7. The Hall–Kier alpha value is -2.38. The van der Waals surface area contributed by atoms with Crippen LogP contribution in [0.4, 0.5) is 5.69 Å². The van der Waals surface area contributed by atoms with Gasteiger partial charge in [-0.25, -0.2) is 0 Å². The molecule has 6 nitrogen and oxygen atoms in total. The van der Waals surface area contributed by atoms with Gasteiger partial charge in [0.1, 0.15) is 17.2 Å². The summed E-state index contributed by atoms with van der Waals surface area (Å²) in [6.07, 6.45) is 4.31. The van der Waals surface area contributed by atoms with E-state index in [4.69, 9.17) is 19.9 Å². The first kappa shape index (κ1) is 26.2. The first-order valence-electron chi connectivity index (χ1n) is 12.2. The largest absolute Gasteiger partial charge is 0.495 e. The number of amides is 1. The second kappa shape index (κ2) is 12.9. The molecule has 2 aromatic rings. The predicted molar refractivity (Wildman–Crippen MR) is 140 cm³/mol. The maximum atomic E-state index is 12.5. The maximum Gasteiger partial charge on any atom is 0.241 e. The van der Waals surface area contributed by atoms with Gasteiger partial charge in [0.05, 0.1) is 36.9 Å². The van der Waals surface area contributed by atoms with Crippen LogP contribution in [0.3, 0.4) is 0 Å². The number of methoxy groups -OCH3 is 1. The number of ether oxygens (including phenoxy) is 3. The lowest BCUT2D eigenvalue weighted by Crippen LogP contribution is -2.36. The summed E-state index contributed by atoms with van der Waals surface area (Å²) in [5.41, 5.74) is 9.03. The molecule has 0 fully saturated rings. The SMILES string of the molecule is CCCOc1cc2c(cc1CCCc1ccc(OC)c(NC(=O)[C@@H](N)CC(C)C)c1)OCCS2. The standard InChI is InChI=1S/C27H38N2O4S/c1-5-11-32-24-17-26-25(33-12-13-34-26)16-20(24)8-6-7-19-9-10-23(31-4)22(15-19)29-27(30)21(28)14-18(2)3/h9-10,15-18,21H,5-8,11-14,28H2,1-4H3,(H,29,30)/t21-/m0/s1. The Balaban J connectivity index is 1.67. The predicted octanol–water partition coefficient (Wildman–Crippen LogP) is 5.46. The molecule has 1 amide bonds. The number of hydrogen-bond donors (Lipinski definition) is 2. The van der Waals surface area contributed by atoms with E-state index >= 15 is 0 Å². The molecule has 1 heterocycles. The van der Waals surface area contributed by atoms with E-state index < -0.39 is 6.04 Å². The van der Waals surface area contributed by atoms with Crippen LogP contribution in [0.25, 0.3) is 0 Å². The van der Waals surface area contributed by atoms with Gasteiger partial charge in [0.2, 0.25) is 5.91 Å². The van der Waals surface area contributed by atoms with E-state index in [2.05, 4.69) is 38.2 Å². The molecule has 0 saturated carbocycles. The maximum absolute atomic E-state index is 12.5. The topological polar surface area (TPSA) is 82.8 Å². The third-order valence-corrected chi connectivity index (χ3v) is 6.68. The number of nitrogens with one attached hydrogen (secondary N) is 1. The highest BCUT2D eigenvalue weighted by Gasteiger charge is 2.18. The summed E-state index contributed by atoms with van der Waals surface area (Å²) in [4.78, 5) is 13.7. The average molecular weight is 487 g/mol. The molecule has 0 saturated heterocycles. The molecule has 1 aliphatic heterocycles. The Kier molecular flexibility index (Phi) is 9.96. The quantitative estimate of drug-likeness (QED) is 0.415. The summed E-state index contributed by atoms with van der Waals surface area (Å²) in [5, 5.41) is 2.95. The lowest BCUT2D eigenvalue weighted by atomic mass is 10.0. The van der Waals surface area contributed by atoms with Crippen molar-refractivity contribution < 1.29 is 19.0 Å². The third kappa shape index (κ3) is 7.31. The number of carbonyl (C=O) groups excluding carboxylic acids is 1. The number of carbonyl (C=O) groups is 1. The molecule has 0 aromatic heterocycles. The van der Waals surface area contributed by atoms with Crippen LogP contribution in [0.15, 0.2) is 35.2 Å². The van der Waals surface area contributed by atoms with E-state index in [1.165, 1.54) is 5.56 Å². The average Bonchev–Trinajstić information content (AvgIpc) is 2.82. The van der Waals surface area contributed by atoms with Crippen molar-refractivity contribution in [3.05, 3.63) is 41.5 Å². The number of hydrogen-bond acceptors (Lipinski definition) is 6. The van der Waals surface area contributed by atoms with Crippen LogP contribution in [-0.2, 0) is 17.6 Å². The molecular formula is C27H38N2O4S. The van der Waals surface area contributed by atoms with Gasteiger partial charge in [-0.1, -0.05) is 26.8 Å². The van der Waals surface area contributed by atoms with Crippen LogP contribution in [0.5, 0.6) is 17.2 Å². The minimum atomic E-state index is -0.542.